The summed E-state index contributed by atoms with van der Waals surface area (Å²) in [5, 5.41) is 2.83. The molecule has 1 aromatic carbocycles. The summed E-state index contributed by atoms with van der Waals surface area (Å²) in [4.78, 5) is 26.1. The molecule has 0 bridgehead atoms. The van der Waals surface area contributed by atoms with E-state index in [1.165, 1.54) is 36.9 Å². The van der Waals surface area contributed by atoms with E-state index in [0.29, 0.717) is 25.2 Å². The molecular formula is C23H33N3O6S. The lowest BCUT2D eigenvalue weighted by Gasteiger charge is -2.34. The Balaban J connectivity index is 2.03. The Labute approximate surface area is 194 Å². The smallest absolute Gasteiger partial charge is 0.256 e. The van der Waals surface area contributed by atoms with Crippen molar-refractivity contribution in [1.82, 2.24) is 14.2 Å². The SMILES string of the molecule is CCn1cc(C(=O)NCC(OC)OC)c(=O)c2cc(S(=O)(=O)N3CC(C)CC(C)C3)ccc21. The zero-order valence-electron chi connectivity index (χ0n) is 19.8. The molecule has 1 amide bonds. The van der Waals surface area contributed by atoms with Crippen LogP contribution in [-0.2, 0) is 26.0 Å². The number of sulfonamides is 1. The van der Waals surface area contributed by atoms with Gasteiger partial charge in [0.05, 0.1) is 17.0 Å². The minimum atomic E-state index is -3.77. The van der Waals surface area contributed by atoms with Crippen LogP contribution < -0.4 is 10.7 Å². The van der Waals surface area contributed by atoms with Gasteiger partial charge in [-0.25, -0.2) is 8.42 Å². The minimum Gasteiger partial charge on any atom is -0.354 e. The van der Waals surface area contributed by atoms with Crippen LogP contribution in [0.1, 0.15) is 37.6 Å². The molecule has 182 valence electrons. The van der Waals surface area contributed by atoms with Crippen molar-refractivity contribution >= 4 is 26.8 Å². The molecule has 1 fully saturated rings. The average Bonchev–Trinajstić information content (AvgIpc) is 2.79. The third kappa shape index (κ3) is 5.29. The highest BCUT2D eigenvalue weighted by atomic mass is 32.2. The first-order chi connectivity index (χ1) is 15.6. The van der Waals surface area contributed by atoms with Gasteiger partial charge < -0.3 is 19.4 Å². The van der Waals surface area contributed by atoms with Gasteiger partial charge in [0.1, 0.15) is 5.56 Å². The Bertz CT molecular complexity index is 1160. The molecular weight excluding hydrogens is 446 g/mol. The Morgan fingerprint density at radius 1 is 1.18 bits per heavy atom. The second kappa shape index (κ2) is 10.3. The first kappa shape index (κ1) is 25.4. The number of fused-ring (bicyclic) bond motifs is 1. The number of ether oxygens (including phenoxy) is 2. The summed E-state index contributed by atoms with van der Waals surface area (Å²) in [6.07, 6.45) is 1.83. The number of nitrogens with one attached hydrogen (secondary N) is 1. The number of rotatable bonds is 8. The number of carbonyl (C=O) groups excluding carboxylic acids is 1. The molecule has 2 heterocycles. The Morgan fingerprint density at radius 2 is 1.82 bits per heavy atom. The Morgan fingerprint density at radius 3 is 2.39 bits per heavy atom. The van der Waals surface area contributed by atoms with E-state index in [1.54, 1.807) is 10.6 Å². The molecule has 2 unspecified atom stereocenters. The fourth-order valence-corrected chi connectivity index (χ4v) is 6.15. The van der Waals surface area contributed by atoms with Crippen LogP contribution in [0, 0.1) is 11.8 Å². The van der Waals surface area contributed by atoms with E-state index in [9.17, 15) is 18.0 Å². The number of methoxy groups -OCH3 is 2. The highest BCUT2D eigenvalue weighted by Crippen LogP contribution is 2.28. The van der Waals surface area contributed by atoms with Crippen molar-refractivity contribution in [3.8, 4) is 0 Å². The van der Waals surface area contributed by atoms with Crippen molar-refractivity contribution < 1.29 is 22.7 Å². The van der Waals surface area contributed by atoms with Crippen LogP contribution in [0.25, 0.3) is 10.9 Å². The maximum absolute atomic E-state index is 13.4. The van der Waals surface area contributed by atoms with Gasteiger partial charge in [0.2, 0.25) is 15.5 Å². The van der Waals surface area contributed by atoms with Crippen LogP contribution in [-0.4, -0.2) is 63.3 Å². The van der Waals surface area contributed by atoms with Crippen LogP contribution in [0.5, 0.6) is 0 Å². The van der Waals surface area contributed by atoms with Crippen LogP contribution in [0.4, 0.5) is 0 Å². The number of hydrogen-bond donors (Lipinski definition) is 1. The zero-order chi connectivity index (χ0) is 24.3. The topological polar surface area (TPSA) is 107 Å². The second-order valence-corrected chi connectivity index (χ2v) is 10.7. The number of pyridine rings is 1. The highest BCUT2D eigenvalue weighted by Gasteiger charge is 2.32. The molecule has 2 atom stereocenters. The lowest BCUT2D eigenvalue weighted by Crippen LogP contribution is -2.42. The van der Waals surface area contributed by atoms with E-state index in [4.69, 9.17) is 9.47 Å². The fourth-order valence-electron chi connectivity index (χ4n) is 4.45. The quantitative estimate of drug-likeness (QED) is 0.581. The van der Waals surface area contributed by atoms with Gasteiger partial charge in [0.15, 0.2) is 6.29 Å². The molecule has 1 aliphatic rings. The monoisotopic (exact) mass is 479 g/mol. The molecule has 3 rings (SSSR count). The second-order valence-electron chi connectivity index (χ2n) is 8.72. The Kier molecular flexibility index (Phi) is 7.94. The van der Waals surface area contributed by atoms with E-state index >= 15 is 0 Å². The molecule has 0 saturated carbocycles. The van der Waals surface area contributed by atoms with Crippen LogP contribution in [0.3, 0.4) is 0 Å². The first-order valence-corrected chi connectivity index (χ1v) is 12.6. The van der Waals surface area contributed by atoms with Gasteiger partial charge in [-0.3, -0.25) is 9.59 Å². The van der Waals surface area contributed by atoms with E-state index in [-0.39, 0.29) is 34.2 Å². The standard InChI is InChI=1S/C23H33N3O6S/c1-6-25-14-19(23(28)24-11-21(31-4)32-5)22(27)18-10-17(7-8-20(18)25)33(29,30)26-12-15(2)9-16(3)13-26/h7-8,10,14-16,21H,6,9,11-13H2,1-5H3,(H,24,28). The largest absolute Gasteiger partial charge is 0.354 e. The van der Waals surface area contributed by atoms with Gasteiger partial charge in [-0.1, -0.05) is 13.8 Å². The number of carbonyl (C=O) groups is 1. The lowest BCUT2D eigenvalue weighted by molar-refractivity contribution is -0.0974. The van der Waals surface area contributed by atoms with Crippen molar-refractivity contribution in [3.05, 3.63) is 40.2 Å². The van der Waals surface area contributed by atoms with Crippen molar-refractivity contribution in [2.75, 3.05) is 33.9 Å². The molecule has 33 heavy (non-hydrogen) atoms. The predicted molar refractivity (Wildman–Crippen MR) is 126 cm³/mol. The molecule has 0 radical (unpaired) electrons. The molecule has 0 aliphatic carbocycles. The molecule has 1 aliphatic heterocycles. The van der Waals surface area contributed by atoms with E-state index in [2.05, 4.69) is 5.32 Å². The van der Waals surface area contributed by atoms with E-state index in [0.717, 1.165) is 6.42 Å². The molecule has 1 N–H and O–H groups in total. The van der Waals surface area contributed by atoms with Gasteiger partial charge in [-0.05, 0) is 43.4 Å². The highest BCUT2D eigenvalue weighted by molar-refractivity contribution is 7.89. The number of amides is 1. The summed E-state index contributed by atoms with van der Waals surface area (Å²) in [5.74, 6) is -0.0469. The van der Waals surface area contributed by atoms with Gasteiger partial charge >= 0.3 is 0 Å². The molecule has 2 aromatic rings. The predicted octanol–water partition coefficient (Wildman–Crippen LogP) is 2.04. The van der Waals surface area contributed by atoms with Crippen molar-refractivity contribution in [1.29, 1.82) is 0 Å². The van der Waals surface area contributed by atoms with Crippen LogP contribution in [0.2, 0.25) is 0 Å². The molecule has 0 spiro atoms. The zero-order valence-corrected chi connectivity index (χ0v) is 20.6. The van der Waals surface area contributed by atoms with Crippen molar-refractivity contribution in [2.45, 2.75) is 44.9 Å². The summed E-state index contributed by atoms with van der Waals surface area (Å²) in [6.45, 7) is 7.44. The molecule has 10 heteroatoms. The van der Waals surface area contributed by atoms with Gasteiger partial charge in [0, 0.05) is 45.4 Å². The van der Waals surface area contributed by atoms with Gasteiger partial charge in [0.25, 0.3) is 5.91 Å². The third-order valence-corrected chi connectivity index (χ3v) is 7.89. The minimum absolute atomic E-state index is 0.0624. The normalized spacial score (nSPS) is 19.8. The van der Waals surface area contributed by atoms with Crippen LogP contribution >= 0.6 is 0 Å². The lowest BCUT2D eigenvalue weighted by atomic mass is 9.94. The van der Waals surface area contributed by atoms with Crippen molar-refractivity contribution in [3.63, 3.8) is 0 Å². The number of hydrogen-bond acceptors (Lipinski definition) is 6. The maximum atomic E-state index is 13.4. The Hall–Kier alpha value is -2.27. The van der Waals surface area contributed by atoms with Gasteiger partial charge in [-0.15, -0.1) is 0 Å². The summed E-state index contributed by atoms with van der Waals surface area (Å²) >= 11 is 0. The van der Waals surface area contributed by atoms with Gasteiger partial charge in [-0.2, -0.15) is 4.31 Å². The number of benzene rings is 1. The average molecular weight is 480 g/mol. The summed E-state index contributed by atoms with van der Waals surface area (Å²) in [7, 11) is -0.864. The van der Waals surface area contributed by atoms with E-state index < -0.39 is 27.6 Å². The van der Waals surface area contributed by atoms with Crippen LogP contribution in [0.15, 0.2) is 34.1 Å². The maximum Gasteiger partial charge on any atom is 0.256 e. The first-order valence-electron chi connectivity index (χ1n) is 11.1. The molecule has 1 saturated heterocycles. The summed E-state index contributed by atoms with van der Waals surface area (Å²) < 4.78 is 40.1. The van der Waals surface area contributed by atoms with E-state index in [1.807, 2.05) is 20.8 Å². The summed E-state index contributed by atoms with van der Waals surface area (Å²) in [5.41, 5.74) is -0.00822. The number of piperidine rings is 1. The number of aromatic nitrogens is 1. The van der Waals surface area contributed by atoms with Crippen molar-refractivity contribution in [2.24, 2.45) is 11.8 Å². The number of aryl methyl sites for hydroxylation is 1. The number of nitrogens with zero attached hydrogens (tertiary/aromatic N) is 2. The molecule has 1 aromatic heterocycles. The summed E-state index contributed by atoms with van der Waals surface area (Å²) in [6, 6.07) is 4.57. The molecule has 9 nitrogen and oxygen atoms in total. The third-order valence-electron chi connectivity index (χ3n) is 6.07. The fraction of sp³-hybridized carbons (Fsp3) is 0.565.